The lowest BCUT2D eigenvalue weighted by Crippen LogP contribution is -2.66. The molecule has 1 saturated carbocycles. The lowest BCUT2D eigenvalue weighted by atomic mass is 9.72. The quantitative estimate of drug-likeness (QED) is 0.811. The molecule has 2 heterocycles. The molecular formula is C15H21NO2. The van der Waals surface area contributed by atoms with Gasteiger partial charge in [-0.3, -0.25) is 4.79 Å². The molecule has 3 fully saturated rings. The van der Waals surface area contributed by atoms with Gasteiger partial charge in [0.05, 0.1) is 17.7 Å². The lowest BCUT2D eigenvalue weighted by molar-refractivity contribution is -0.166. The van der Waals surface area contributed by atoms with Crippen molar-refractivity contribution in [2.75, 3.05) is 0 Å². The minimum absolute atomic E-state index is 0.0265. The average molecular weight is 247 g/mol. The van der Waals surface area contributed by atoms with Crippen LogP contribution in [0.1, 0.15) is 39.0 Å². The molecule has 2 saturated heterocycles. The summed E-state index contributed by atoms with van der Waals surface area (Å²) in [6, 6.07) is 0.0265. The highest BCUT2D eigenvalue weighted by molar-refractivity contribution is 5.82. The van der Waals surface area contributed by atoms with Crippen LogP contribution in [0.2, 0.25) is 0 Å². The molecule has 2 aliphatic carbocycles. The van der Waals surface area contributed by atoms with Crippen LogP contribution in [-0.4, -0.2) is 33.6 Å². The van der Waals surface area contributed by atoms with E-state index in [0.717, 1.165) is 25.7 Å². The summed E-state index contributed by atoms with van der Waals surface area (Å²) in [6.45, 7) is 2.13. The lowest BCUT2D eigenvalue weighted by Gasteiger charge is -2.55. The summed E-state index contributed by atoms with van der Waals surface area (Å²) in [5, 5.41) is 10.2. The molecule has 0 unspecified atom stereocenters. The van der Waals surface area contributed by atoms with Crippen molar-refractivity contribution in [1.29, 1.82) is 0 Å². The van der Waals surface area contributed by atoms with Crippen LogP contribution in [-0.2, 0) is 4.79 Å². The Morgan fingerprint density at radius 2 is 2.28 bits per heavy atom. The summed E-state index contributed by atoms with van der Waals surface area (Å²) >= 11 is 0. The zero-order valence-electron chi connectivity index (χ0n) is 10.9. The number of carbonyl (C=O) groups is 1. The molecule has 4 atom stereocenters. The van der Waals surface area contributed by atoms with E-state index < -0.39 is 0 Å². The van der Waals surface area contributed by atoms with Crippen molar-refractivity contribution in [1.82, 2.24) is 4.90 Å². The molecule has 3 nitrogen and oxygen atoms in total. The van der Waals surface area contributed by atoms with Crippen LogP contribution < -0.4 is 0 Å². The zero-order valence-corrected chi connectivity index (χ0v) is 10.9. The van der Waals surface area contributed by atoms with Crippen LogP contribution in [0, 0.1) is 5.92 Å². The normalized spacial score (nSPS) is 42.7. The standard InChI is InChI=1S/C15H21NO2/c1-2-15(8-4-3-5-9-15)16-12-7-6-11(14(16)18)10-13(12)17/h3-5,8,11-13,17H,2,6-7,9-10H2,1H3/t11-,12+,13+,15+/m0/s1. The molecule has 0 spiro atoms. The molecular weight excluding hydrogens is 226 g/mol. The molecule has 98 valence electrons. The van der Waals surface area contributed by atoms with Crippen molar-refractivity contribution in [3.63, 3.8) is 0 Å². The fourth-order valence-electron chi connectivity index (χ4n) is 3.83. The van der Waals surface area contributed by atoms with Crippen molar-refractivity contribution < 1.29 is 9.90 Å². The van der Waals surface area contributed by atoms with Crippen LogP contribution in [0.3, 0.4) is 0 Å². The van der Waals surface area contributed by atoms with E-state index in [-0.39, 0.29) is 29.5 Å². The summed E-state index contributed by atoms with van der Waals surface area (Å²) in [5.41, 5.74) is -0.198. The second-order valence-corrected chi connectivity index (χ2v) is 5.80. The number of nitrogens with zero attached hydrogens (tertiary/aromatic N) is 1. The van der Waals surface area contributed by atoms with Crippen molar-refractivity contribution in [3.8, 4) is 0 Å². The summed E-state index contributed by atoms with van der Waals surface area (Å²) in [5.74, 6) is 0.311. The number of amides is 1. The van der Waals surface area contributed by atoms with E-state index in [1.165, 1.54) is 0 Å². The fraction of sp³-hybridized carbons (Fsp3) is 0.667. The maximum Gasteiger partial charge on any atom is 0.226 e. The van der Waals surface area contributed by atoms with Gasteiger partial charge in [0, 0.05) is 5.92 Å². The Bertz CT molecular complexity index is 415. The van der Waals surface area contributed by atoms with Crippen molar-refractivity contribution in [2.45, 2.75) is 56.7 Å². The molecule has 1 amide bonds. The van der Waals surface area contributed by atoms with Gasteiger partial charge in [-0.2, -0.15) is 0 Å². The van der Waals surface area contributed by atoms with Crippen LogP contribution in [0.15, 0.2) is 24.3 Å². The van der Waals surface area contributed by atoms with Gasteiger partial charge in [-0.25, -0.2) is 0 Å². The maximum absolute atomic E-state index is 12.6. The maximum atomic E-state index is 12.6. The molecule has 3 heteroatoms. The monoisotopic (exact) mass is 247 g/mol. The van der Waals surface area contributed by atoms with Gasteiger partial charge in [0.1, 0.15) is 0 Å². The van der Waals surface area contributed by atoms with Crippen LogP contribution >= 0.6 is 0 Å². The second-order valence-electron chi connectivity index (χ2n) is 5.80. The SMILES string of the molecule is CC[C@@]1(N2C(=O)[C@H]3CC[C@@H]2[C@H](O)C3)C=CC=CC1. The highest BCUT2D eigenvalue weighted by Gasteiger charge is 2.51. The van der Waals surface area contributed by atoms with Crippen molar-refractivity contribution >= 4 is 5.91 Å². The molecule has 4 rings (SSSR count). The Hall–Kier alpha value is -1.09. The number of carbonyl (C=O) groups excluding carboxylic acids is 1. The Morgan fingerprint density at radius 1 is 1.44 bits per heavy atom. The highest BCUT2D eigenvalue weighted by Crippen LogP contribution is 2.43. The van der Waals surface area contributed by atoms with Gasteiger partial charge >= 0.3 is 0 Å². The second kappa shape index (κ2) is 4.23. The van der Waals surface area contributed by atoms with E-state index >= 15 is 0 Å². The molecule has 4 aliphatic rings. The van der Waals surface area contributed by atoms with Gasteiger partial charge < -0.3 is 10.0 Å². The van der Waals surface area contributed by atoms with Gasteiger partial charge in [0.25, 0.3) is 0 Å². The molecule has 0 aromatic carbocycles. The Kier molecular flexibility index (Phi) is 2.81. The first kappa shape index (κ1) is 12.0. The number of piperidine rings is 2. The third-order valence-corrected chi connectivity index (χ3v) is 4.92. The highest BCUT2D eigenvalue weighted by atomic mass is 16.3. The number of aliphatic hydroxyl groups is 1. The van der Waals surface area contributed by atoms with E-state index in [1.807, 2.05) is 17.1 Å². The predicted octanol–water partition coefficient (Wildman–Crippen LogP) is 2.02. The third kappa shape index (κ3) is 1.57. The van der Waals surface area contributed by atoms with Gasteiger partial charge in [0.15, 0.2) is 0 Å². The first-order valence-corrected chi connectivity index (χ1v) is 7.03. The average Bonchev–Trinajstić information content (AvgIpc) is 2.41. The van der Waals surface area contributed by atoms with E-state index in [2.05, 4.69) is 19.1 Å². The van der Waals surface area contributed by atoms with Gasteiger partial charge in [0.2, 0.25) is 5.91 Å². The summed E-state index contributed by atoms with van der Waals surface area (Å²) in [7, 11) is 0. The number of allylic oxidation sites excluding steroid dienone is 2. The summed E-state index contributed by atoms with van der Waals surface area (Å²) in [4.78, 5) is 14.6. The van der Waals surface area contributed by atoms with Crippen LogP contribution in [0.4, 0.5) is 0 Å². The van der Waals surface area contributed by atoms with E-state index in [1.54, 1.807) is 0 Å². The number of aliphatic hydroxyl groups excluding tert-OH is 1. The summed E-state index contributed by atoms with van der Waals surface area (Å²) in [6.07, 6.45) is 12.4. The minimum atomic E-state index is -0.329. The largest absolute Gasteiger partial charge is 0.391 e. The molecule has 0 aromatic heterocycles. The first-order chi connectivity index (χ1) is 8.68. The fourth-order valence-corrected chi connectivity index (χ4v) is 3.83. The molecule has 2 bridgehead atoms. The predicted molar refractivity (Wildman–Crippen MR) is 69.9 cm³/mol. The Morgan fingerprint density at radius 3 is 2.89 bits per heavy atom. The minimum Gasteiger partial charge on any atom is -0.391 e. The van der Waals surface area contributed by atoms with Gasteiger partial charge in [-0.15, -0.1) is 0 Å². The van der Waals surface area contributed by atoms with Crippen LogP contribution in [0.25, 0.3) is 0 Å². The van der Waals surface area contributed by atoms with Gasteiger partial charge in [-0.05, 0) is 32.1 Å². The number of hydrogen-bond donors (Lipinski definition) is 1. The van der Waals surface area contributed by atoms with Gasteiger partial charge in [-0.1, -0.05) is 31.2 Å². The number of hydrogen-bond acceptors (Lipinski definition) is 2. The smallest absolute Gasteiger partial charge is 0.226 e. The molecule has 0 aromatic rings. The molecule has 0 radical (unpaired) electrons. The number of fused-ring (bicyclic) bond motifs is 3. The summed E-state index contributed by atoms with van der Waals surface area (Å²) < 4.78 is 0. The van der Waals surface area contributed by atoms with Crippen molar-refractivity contribution in [2.24, 2.45) is 5.92 Å². The topological polar surface area (TPSA) is 40.5 Å². The molecule has 2 aliphatic heterocycles. The van der Waals surface area contributed by atoms with E-state index in [9.17, 15) is 9.90 Å². The Balaban J connectivity index is 1.97. The molecule has 1 N–H and O–H groups in total. The molecule has 18 heavy (non-hydrogen) atoms. The van der Waals surface area contributed by atoms with Crippen LogP contribution in [0.5, 0.6) is 0 Å². The number of rotatable bonds is 2. The first-order valence-electron chi connectivity index (χ1n) is 7.03. The third-order valence-electron chi connectivity index (χ3n) is 4.92. The Labute approximate surface area is 108 Å². The zero-order chi connectivity index (χ0) is 12.8. The van der Waals surface area contributed by atoms with E-state index in [0.29, 0.717) is 6.42 Å². The van der Waals surface area contributed by atoms with E-state index in [4.69, 9.17) is 0 Å². The van der Waals surface area contributed by atoms with Crippen molar-refractivity contribution in [3.05, 3.63) is 24.3 Å².